The lowest BCUT2D eigenvalue weighted by molar-refractivity contribution is 0.484. The minimum Gasteiger partial charge on any atom is -0.443 e. The van der Waals surface area contributed by atoms with Gasteiger partial charge in [-0.15, -0.1) is 0 Å². The number of para-hydroxylation sites is 1. The molecule has 0 fully saturated rings. The number of benzene rings is 3. The molecule has 0 spiro atoms. The van der Waals surface area contributed by atoms with E-state index in [0.29, 0.717) is 11.0 Å². The van der Waals surface area contributed by atoms with Crippen molar-refractivity contribution in [2.24, 2.45) is 0 Å². The highest BCUT2D eigenvalue weighted by Crippen LogP contribution is 2.31. The second-order valence-electron chi connectivity index (χ2n) is 6.76. The number of nitriles is 1. The molecule has 1 heterocycles. The number of hydrogen-bond acceptors (Lipinski definition) is 6. The minimum atomic E-state index is -4.31. The van der Waals surface area contributed by atoms with E-state index in [9.17, 15) is 21.2 Å². The average Bonchev–Trinajstić information content (AvgIpc) is 3.21. The van der Waals surface area contributed by atoms with Crippen molar-refractivity contribution in [2.45, 2.75) is 9.99 Å². The van der Waals surface area contributed by atoms with Gasteiger partial charge in [-0.25, -0.2) is 12.8 Å². The smallest absolute Gasteiger partial charge is 0.295 e. The molecule has 0 saturated carbocycles. The van der Waals surface area contributed by atoms with Gasteiger partial charge in [-0.3, -0.25) is 9.44 Å². The lowest BCUT2D eigenvalue weighted by Crippen LogP contribution is -2.17. The molecule has 8 nitrogen and oxygen atoms in total. The first-order chi connectivity index (χ1) is 15.6. The van der Waals surface area contributed by atoms with Crippen LogP contribution in [-0.4, -0.2) is 16.8 Å². The van der Waals surface area contributed by atoms with Gasteiger partial charge in [0.2, 0.25) is 5.09 Å². The molecular formula is C21H13ClFN3O5S2. The maximum atomic E-state index is 13.6. The minimum absolute atomic E-state index is 0.133. The Bertz CT molecular complexity index is 1610. The number of halogens is 2. The van der Waals surface area contributed by atoms with E-state index in [2.05, 4.69) is 9.44 Å². The van der Waals surface area contributed by atoms with Gasteiger partial charge in [-0.1, -0.05) is 29.8 Å². The first-order valence-electron chi connectivity index (χ1n) is 9.12. The number of rotatable bonds is 6. The highest BCUT2D eigenvalue weighted by atomic mass is 35.5. The van der Waals surface area contributed by atoms with Gasteiger partial charge in [0, 0.05) is 16.5 Å². The quantitative estimate of drug-likeness (QED) is 0.391. The lowest BCUT2D eigenvalue weighted by atomic mass is 10.2. The fourth-order valence-electron chi connectivity index (χ4n) is 2.94. The highest BCUT2D eigenvalue weighted by Gasteiger charge is 2.23. The summed E-state index contributed by atoms with van der Waals surface area (Å²) in [7, 11) is -8.56. The standard InChI is InChI=1S/C21H13ClFN3O5S2/c22-15-5-8-18(25-32(27,28)16-6-7-17(23)14(9-16)12-24)19(11-15)26-33(29,30)21-10-13-3-1-2-4-20(13)31-21/h1-11,25-26H. The maximum absolute atomic E-state index is 13.6. The van der Waals surface area contributed by atoms with Crippen LogP contribution in [0.25, 0.3) is 11.0 Å². The van der Waals surface area contributed by atoms with E-state index in [-0.39, 0.29) is 26.4 Å². The zero-order chi connectivity index (χ0) is 23.8. The molecular weight excluding hydrogens is 493 g/mol. The van der Waals surface area contributed by atoms with Crippen LogP contribution in [0.1, 0.15) is 5.56 Å². The van der Waals surface area contributed by atoms with Crippen LogP contribution in [0.2, 0.25) is 5.02 Å². The zero-order valence-electron chi connectivity index (χ0n) is 16.4. The second kappa shape index (κ2) is 8.40. The number of nitrogens with zero attached hydrogens (tertiary/aromatic N) is 1. The largest absolute Gasteiger partial charge is 0.443 e. The Kier molecular flexibility index (Phi) is 5.75. The van der Waals surface area contributed by atoms with Gasteiger partial charge in [0.1, 0.15) is 17.5 Å². The molecule has 4 aromatic rings. The van der Waals surface area contributed by atoms with E-state index in [1.54, 1.807) is 30.3 Å². The van der Waals surface area contributed by atoms with Crippen LogP contribution in [0.4, 0.5) is 15.8 Å². The molecule has 0 amide bonds. The molecule has 0 unspecified atom stereocenters. The van der Waals surface area contributed by atoms with E-state index in [0.717, 1.165) is 18.2 Å². The van der Waals surface area contributed by atoms with Crippen molar-refractivity contribution in [1.82, 2.24) is 0 Å². The van der Waals surface area contributed by atoms with Gasteiger partial charge >= 0.3 is 0 Å². The number of nitrogens with one attached hydrogen (secondary N) is 2. The molecule has 0 radical (unpaired) electrons. The molecule has 0 atom stereocenters. The summed E-state index contributed by atoms with van der Waals surface area (Å²) in [5.41, 5.74) is -0.426. The van der Waals surface area contributed by atoms with E-state index in [1.807, 2.05) is 0 Å². The first kappa shape index (κ1) is 22.6. The summed E-state index contributed by atoms with van der Waals surface area (Å²) in [5, 5.41) is 9.27. The Labute approximate surface area is 193 Å². The number of furan rings is 1. The summed E-state index contributed by atoms with van der Waals surface area (Å²) in [4.78, 5) is -0.388. The number of anilines is 2. The van der Waals surface area contributed by atoms with Gasteiger partial charge in [-0.05, 0) is 42.5 Å². The fraction of sp³-hybridized carbons (Fsp3) is 0. The second-order valence-corrected chi connectivity index (χ2v) is 10.5. The van der Waals surface area contributed by atoms with Gasteiger partial charge in [0.05, 0.1) is 21.8 Å². The summed E-state index contributed by atoms with van der Waals surface area (Å²) >= 11 is 5.99. The summed E-state index contributed by atoms with van der Waals surface area (Å²) in [5.74, 6) is -0.873. The van der Waals surface area contributed by atoms with Crippen molar-refractivity contribution in [3.63, 3.8) is 0 Å². The number of fused-ring (bicyclic) bond motifs is 1. The first-order valence-corrected chi connectivity index (χ1v) is 12.5. The van der Waals surface area contributed by atoms with E-state index in [1.165, 1.54) is 24.3 Å². The van der Waals surface area contributed by atoms with Crippen LogP contribution >= 0.6 is 11.6 Å². The van der Waals surface area contributed by atoms with Crippen LogP contribution in [0.15, 0.2) is 81.1 Å². The summed E-state index contributed by atoms with van der Waals surface area (Å²) in [6.45, 7) is 0. The Balaban J connectivity index is 1.70. The summed E-state index contributed by atoms with van der Waals surface area (Å²) in [6, 6.07) is 16.1. The van der Waals surface area contributed by atoms with E-state index in [4.69, 9.17) is 21.3 Å². The molecule has 2 N–H and O–H groups in total. The van der Waals surface area contributed by atoms with Gasteiger partial charge in [0.25, 0.3) is 20.0 Å². The fourth-order valence-corrected chi connectivity index (χ4v) is 5.25. The summed E-state index contributed by atoms with van der Waals surface area (Å²) < 4.78 is 74.8. The number of hydrogen-bond donors (Lipinski definition) is 2. The third-order valence-electron chi connectivity index (χ3n) is 4.51. The van der Waals surface area contributed by atoms with E-state index < -0.39 is 31.4 Å². The third-order valence-corrected chi connectivity index (χ3v) is 7.32. The number of sulfonamides is 2. The molecule has 4 rings (SSSR count). The molecule has 0 aliphatic carbocycles. The van der Waals surface area contributed by atoms with Gasteiger partial charge < -0.3 is 4.42 Å². The lowest BCUT2D eigenvalue weighted by Gasteiger charge is -2.14. The van der Waals surface area contributed by atoms with Crippen LogP contribution in [0, 0.1) is 17.1 Å². The van der Waals surface area contributed by atoms with E-state index >= 15 is 0 Å². The Hall–Kier alpha value is -3.59. The molecule has 168 valence electrons. The molecule has 3 aromatic carbocycles. The van der Waals surface area contributed by atoms with Gasteiger partial charge in [-0.2, -0.15) is 13.7 Å². The van der Waals surface area contributed by atoms with Crippen LogP contribution < -0.4 is 9.44 Å². The summed E-state index contributed by atoms with van der Waals surface area (Å²) in [6.07, 6.45) is 0. The topological polar surface area (TPSA) is 129 Å². The van der Waals surface area contributed by atoms with Crippen molar-refractivity contribution < 1.29 is 25.6 Å². The van der Waals surface area contributed by atoms with Crippen molar-refractivity contribution in [3.8, 4) is 6.07 Å². The molecule has 12 heteroatoms. The molecule has 0 aliphatic rings. The average molecular weight is 506 g/mol. The van der Waals surface area contributed by atoms with Crippen molar-refractivity contribution in [2.75, 3.05) is 9.44 Å². The monoisotopic (exact) mass is 505 g/mol. The van der Waals surface area contributed by atoms with Crippen molar-refractivity contribution >= 4 is 54.0 Å². The Morgan fingerprint density at radius 1 is 0.879 bits per heavy atom. The van der Waals surface area contributed by atoms with Gasteiger partial charge in [0.15, 0.2) is 0 Å². The molecule has 0 saturated heterocycles. The van der Waals surface area contributed by atoms with Crippen LogP contribution in [-0.2, 0) is 20.0 Å². The van der Waals surface area contributed by atoms with Crippen LogP contribution in [0.3, 0.4) is 0 Å². The highest BCUT2D eigenvalue weighted by molar-refractivity contribution is 7.93. The molecule has 0 bridgehead atoms. The Morgan fingerprint density at radius 2 is 1.61 bits per heavy atom. The normalized spacial score (nSPS) is 11.8. The molecule has 0 aliphatic heterocycles. The Morgan fingerprint density at radius 3 is 2.33 bits per heavy atom. The SMILES string of the molecule is N#Cc1cc(S(=O)(=O)Nc2ccc(Cl)cc2NS(=O)(=O)c2cc3ccccc3o2)ccc1F. The molecule has 33 heavy (non-hydrogen) atoms. The predicted molar refractivity (Wildman–Crippen MR) is 120 cm³/mol. The predicted octanol–water partition coefficient (Wildman–Crippen LogP) is 4.70. The zero-order valence-corrected chi connectivity index (χ0v) is 18.8. The maximum Gasteiger partial charge on any atom is 0.295 e. The third kappa shape index (κ3) is 4.63. The van der Waals surface area contributed by atoms with Crippen LogP contribution in [0.5, 0.6) is 0 Å². The van der Waals surface area contributed by atoms with Crippen molar-refractivity contribution in [1.29, 1.82) is 5.26 Å². The molecule has 1 aromatic heterocycles. The van der Waals surface area contributed by atoms with Crippen molar-refractivity contribution in [3.05, 3.63) is 83.1 Å².